The van der Waals surface area contributed by atoms with Crippen LogP contribution in [0.15, 0.2) is 48.8 Å². The van der Waals surface area contributed by atoms with Crippen LogP contribution >= 0.6 is 0 Å². The molecule has 6 N–H and O–H groups in total. The van der Waals surface area contributed by atoms with Crippen LogP contribution < -0.4 is 50.8 Å². The molecule has 2 atom stereocenters. The van der Waals surface area contributed by atoms with Gasteiger partial charge in [0.15, 0.2) is 11.6 Å². The van der Waals surface area contributed by atoms with Gasteiger partial charge in [0.05, 0.1) is 67.5 Å². The Morgan fingerprint density at radius 3 is 1.48 bits per heavy atom. The van der Waals surface area contributed by atoms with Gasteiger partial charge in [0, 0.05) is 69.8 Å². The zero-order valence-corrected chi connectivity index (χ0v) is 47.6. The quantitative estimate of drug-likeness (QED) is 0.0951. The van der Waals surface area contributed by atoms with Crippen molar-refractivity contribution in [3.05, 3.63) is 59.9 Å². The highest BCUT2D eigenvalue weighted by molar-refractivity contribution is 6.00. The largest absolute Gasteiger partial charge is 0.495 e. The van der Waals surface area contributed by atoms with Gasteiger partial charge in [0.25, 0.3) is 5.91 Å². The topological polar surface area (TPSA) is 288 Å². The lowest BCUT2D eigenvalue weighted by atomic mass is 10.0. The number of carboxylic acids is 1. The molecular formula is C58H78N16O7. The van der Waals surface area contributed by atoms with Crippen molar-refractivity contribution in [3.63, 3.8) is 0 Å². The lowest BCUT2D eigenvalue weighted by Crippen LogP contribution is -2.43. The number of carbonyl (C=O) groups excluding carboxylic acids is 3. The van der Waals surface area contributed by atoms with Crippen LogP contribution in [-0.4, -0.2) is 164 Å². The molecule has 2 aromatic heterocycles. The van der Waals surface area contributed by atoms with Gasteiger partial charge in [-0.3, -0.25) is 14.4 Å². The molecule has 2 saturated heterocycles. The second-order valence-corrected chi connectivity index (χ2v) is 22.0. The van der Waals surface area contributed by atoms with Crippen molar-refractivity contribution < 1.29 is 33.8 Å². The van der Waals surface area contributed by atoms with Gasteiger partial charge in [0.1, 0.15) is 22.9 Å². The van der Waals surface area contributed by atoms with E-state index in [9.17, 15) is 34.8 Å². The van der Waals surface area contributed by atoms with Crippen molar-refractivity contribution in [1.29, 1.82) is 10.5 Å². The summed E-state index contributed by atoms with van der Waals surface area (Å²) in [6, 6.07) is 15.3. The predicted molar refractivity (Wildman–Crippen MR) is 310 cm³/mol. The number of nitrogens with two attached hydrogens (primary N) is 1. The molecule has 432 valence electrons. The Morgan fingerprint density at radius 2 is 1.07 bits per heavy atom. The lowest BCUT2D eigenvalue weighted by molar-refractivity contribution is -0.122. The van der Waals surface area contributed by atoms with Crippen LogP contribution in [0, 0.1) is 34.5 Å². The fraction of sp³-hybridized carbons (Fsp3) is 0.552. The smallest absolute Gasteiger partial charge is 0.335 e. The maximum atomic E-state index is 13.2. The minimum absolute atomic E-state index is 0.0941. The Labute approximate surface area is 474 Å². The first kappa shape index (κ1) is 59.3. The van der Waals surface area contributed by atoms with Crippen molar-refractivity contribution in [2.24, 2.45) is 17.6 Å². The van der Waals surface area contributed by atoms with E-state index in [2.05, 4.69) is 71.8 Å². The number of carbonyl (C=O) groups is 4. The number of methoxy groups -OCH3 is 2. The van der Waals surface area contributed by atoms with Gasteiger partial charge in [-0.2, -0.15) is 20.5 Å². The molecule has 81 heavy (non-hydrogen) atoms. The average Bonchev–Trinajstić information content (AvgIpc) is 4.26. The van der Waals surface area contributed by atoms with Crippen molar-refractivity contribution in [3.8, 4) is 23.6 Å². The molecule has 0 spiro atoms. The maximum absolute atomic E-state index is 13.2. The Hall–Kier alpha value is -7.86. The molecule has 2 saturated carbocycles. The number of anilines is 8. The van der Waals surface area contributed by atoms with E-state index in [1.165, 1.54) is 50.1 Å². The number of carboxylic acid groups (broad SMARTS) is 1. The fourth-order valence-electron chi connectivity index (χ4n) is 11.5. The number of aromatic carboxylic acids is 1. The molecule has 3 amide bonds. The molecular weight excluding hydrogens is 1030 g/mol. The monoisotopic (exact) mass is 1110 g/mol. The molecule has 6 aliphatic rings. The number of nitrogens with zero attached hydrogens (tertiary/aromatic N) is 12. The summed E-state index contributed by atoms with van der Waals surface area (Å²) in [5.41, 5.74) is 8.70. The number of rotatable bonds is 13. The summed E-state index contributed by atoms with van der Waals surface area (Å²) in [5.74, 6) is 0.624. The summed E-state index contributed by atoms with van der Waals surface area (Å²) < 4.78 is 11.0. The van der Waals surface area contributed by atoms with Gasteiger partial charge in [-0.05, 0) is 128 Å². The van der Waals surface area contributed by atoms with E-state index in [1.54, 1.807) is 62.8 Å². The van der Waals surface area contributed by atoms with E-state index >= 15 is 0 Å². The molecule has 4 aromatic rings. The third kappa shape index (κ3) is 14.6. The summed E-state index contributed by atoms with van der Waals surface area (Å²) in [7, 11) is 10.7. The highest BCUT2D eigenvalue weighted by Crippen LogP contribution is 2.41. The first-order chi connectivity index (χ1) is 39.1. The summed E-state index contributed by atoms with van der Waals surface area (Å²) in [4.78, 5) is 81.0. The summed E-state index contributed by atoms with van der Waals surface area (Å²) in [5, 5.41) is 37.4. The van der Waals surface area contributed by atoms with E-state index in [0.717, 1.165) is 77.3 Å². The Bertz CT molecular complexity index is 2930. The third-order valence-corrected chi connectivity index (χ3v) is 16.4. The number of hydrogen-bond donors (Lipinski definition) is 5. The van der Waals surface area contributed by atoms with Crippen LogP contribution in [0.3, 0.4) is 0 Å². The molecule has 2 aliphatic carbocycles. The predicted octanol–water partition coefficient (Wildman–Crippen LogP) is 6.53. The first-order valence-corrected chi connectivity index (χ1v) is 28.2. The van der Waals surface area contributed by atoms with Crippen LogP contribution in [0.1, 0.15) is 111 Å². The van der Waals surface area contributed by atoms with E-state index < -0.39 is 17.8 Å². The lowest BCUT2D eigenvalue weighted by Gasteiger charge is -2.31. The van der Waals surface area contributed by atoms with Crippen LogP contribution in [0.2, 0.25) is 0 Å². The van der Waals surface area contributed by atoms with Crippen LogP contribution in [0.4, 0.5) is 46.3 Å². The number of amides is 3. The molecule has 2 aromatic carbocycles. The molecule has 23 heteroatoms. The number of benzene rings is 2. The van der Waals surface area contributed by atoms with Crippen LogP contribution in [-0.2, 0) is 9.59 Å². The Balaban J connectivity index is 0.000000189. The molecule has 6 heterocycles. The van der Waals surface area contributed by atoms with Gasteiger partial charge >= 0.3 is 5.97 Å². The number of ether oxygens (including phenoxy) is 2. The number of nitriles is 2. The number of likely N-dealkylation sites (tertiary alicyclic amines) is 2. The number of nitrogens with one attached hydrogen (secondary N) is 3. The van der Waals surface area contributed by atoms with Crippen LogP contribution in [0.5, 0.6) is 11.5 Å². The standard InChI is InChI=1S/C29H38N8O3.C23H26N6O4.C6H14N2/c1-35-14-11-21(12-15-35)32-27(38)19-8-9-23(25(16-19)40-3)33-29-31-17-24-26(34-29)37(22-6-4-5-7-22)18-20(10-13-30)28(39)36(24)2;1-28-18-12-25-23(26-17-8-7-14(22(31)32)11-19(17)33-2)27-20(18)29(16-5-3-4-6-16)13-15(9-10-24)21(28)30;1-8-4-2-6(7)3-5-8/h8-9,16-17,20-22H,4-7,10-12,14-15,18H2,1-3H3,(H,32,38)(H,31,33,34);7-8,11-12,15-16H,3-6,9,13H2,1-2H3,(H,31,32)(H,25,26,27);6H,2-5,7H2,1H3. The fourth-order valence-corrected chi connectivity index (χ4v) is 11.5. The molecule has 4 aliphatic heterocycles. The molecule has 10 rings (SSSR count). The van der Waals surface area contributed by atoms with E-state index in [1.807, 2.05) is 0 Å². The average molecular weight is 1110 g/mol. The first-order valence-electron chi connectivity index (χ1n) is 28.2. The summed E-state index contributed by atoms with van der Waals surface area (Å²) in [6.45, 7) is 5.19. The molecule has 2 unspecified atom stereocenters. The summed E-state index contributed by atoms with van der Waals surface area (Å²) >= 11 is 0. The van der Waals surface area contributed by atoms with Gasteiger partial charge in [-0.1, -0.05) is 25.7 Å². The van der Waals surface area contributed by atoms with Crippen molar-refractivity contribution in [1.82, 2.24) is 35.1 Å². The van der Waals surface area contributed by atoms with E-state index in [-0.39, 0.29) is 54.3 Å². The van der Waals surface area contributed by atoms with Crippen molar-refractivity contribution in [2.75, 3.05) is 112 Å². The molecule has 23 nitrogen and oxygen atoms in total. The van der Waals surface area contributed by atoms with Crippen LogP contribution in [0.25, 0.3) is 0 Å². The Morgan fingerprint density at radius 1 is 0.654 bits per heavy atom. The minimum atomic E-state index is -1.05. The van der Waals surface area contributed by atoms with Crippen molar-refractivity contribution >= 4 is 70.0 Å². The highest BCUT2D eigenvalue weighted by atomic mass is 16.5. The maximum Gasteiger partial charge on any atom is 0.335 e. The summed E-state index contributed by atoms with van der Waals surface area (Å²) in [6.07, 6.45) is 16.4. The molecule has 4 fully saturated rings. The van der Waals surface area contributed by atoms with E-state index in [0.29, 0.717) is 82.5 Å². The number of aromatic nitrogens is 4. The van der Waals surface area contributed by atoms with Gasteiger partial charge < -0.3 is 65.7 Å². The molecule has 0 bridgehead atoms. The molecule has 0 radical (unpaired) electrons. The van der Waals surface area contributed by atoms with Crippen molar-refractivity contribution in [2.45, 2.75) is 114 Å². The number of piperidine rings is 2. The second kappa shape index (κ2) is 27.5. The Kier molecular flexibility index (Phi) is 20.1. The third-order valence-electron chi connectivity index (χ3n) is 16.4. The zero-order valence-electron chi connectivity index (χ0n) is 47.6. The highest BCUT2D eigenvalue weighted by Gasteiger charge is 2.39. The second-order valence-electron chi connectivity index (χ2n) is 22.0. The van der Waals surface area contributed by atoms with Gasteiger partial charge in [-0.15, -0.1) is 0 Å². The number of fused-ring (bicyclic) bond motifs is 2. The SMILES string of the molecule is CN1CCC(N)CC1.COc1cc(C(=O)NC2CCN(C)CC2)ccc1Nc1ncc2c(n1)N(C1CCCC1)CC(CC#N)C(=O)N2C.COc1cc(C(=O)O)ccc1Nc1ncc2c(n1)N(C1CCCC1)CC(CC#N)C(=O)N2C. The zero-order chi connectivity index (χ0) is 57.7. The van der Waals surface area contributed by atoms with Gasteiger partial charge in [0.2, 0.25) is 23.7 Å². The normalized spacial score (nSPS) is 20.3. The van der Waals surface area contributed by atoms with Gasteiger partial charge in [-0.25, -0.2) is 14.8 Å². The van der Waals surface area contributed by atoms with E-state index in [4.69, 9.17) is 25.2 Å². The minimum Gasteiger partial charge on any atom is -0.495 e. The number of hydrogen-bond acceptors (Lipinski definition) is 19.